The van der Waals surface area contributed by atoms with E-state index in [9.17, 15) is 4.79 Å². The zero-order valence-corrected chi connectivity index (χ0v) is 7.93. The summed E-state index contributed by atoms with van der Waals surface area (Å²) < 4.78 is 5.09. The topological polar surface area (TPSA) is 72.5 Å². The number of rotatable bonds is 4. The Balaban J connectivity index is 2.87. The van der Waals surface area contributed by atoms with E-state index in [0.29, 0.717) is 17.9 Å². The predicted molar refractivity (Wildman–Crippen MR) is 52.9 cm³/mol. The maximum Gasteiger partial charge on any atom is 0.337 e. The molecule has 0 aliphatic rings. The lowest BCUT2D eigenvalue weighted by molar-refractivity contribution is -0.150. The summed E-state index contributed by atoms with van der Waals surface area (Å²) in [4.78, 5) is 10.8. The zero-order valence-electron chi connectivity index (χ0n) is 7.93. The number of benzene rings is 1. The van der Waals surface area contributed by atoms with Gasteiger partial charge in [0, 0.05) is 12.3 Å². The van der Waals surface area contributed by atoms with Gasteiger partial charge in [0.05, 0.1) is 0 Å². The molecule has 0 unspecified atom stereocenters. The molecule has 1 aromatic carbocycles. The van der Waals surface area contributed by atoms with Crippen LogP contribution in [-0.4, -0.2) is 17.7 Å². The average Bonchev–Trinajstić information content (AvgIpc) is 2.15. The average molecular weight is 195 g/mol. The van der Waals surface area contributed by atoms with E-state index >= 15 is 0 Å². The molecule has 0 heterocycles. The fourth-order valence-electron chi connectivity index (χ4n) is 1.15. The maximum atomic E-state index is 10.8. The van der Waals surface area contributed by atoms with Crippen molar-refractivity contribution in [1.82, 2.24) is 0 Å². The predicted octanol–water partition coefficient (Wildman–Crippen LogP) is 1.43. The van der Waals surface area contributed by atoms with E-state index in [1.54, 1.807) is 31.2 Å². The van der Waals surface area contributed by atoms with Crippen LogP contribution in [0.2, 0.25) is 0 Å². The number of aliphatic carboxylic acids is 1. The number of ether oxygens (including phenoxy) is 1. The largest absolute Gasteiger partial charge is 0.479 e. The van der Waals surface area contributed by atoms with Gasteiger partial charge in [-0.25, -0.2) is 4.79 Å². The molecular weight excluding hydrogens is 182 g/mol. The molecule has 0 aromatic heterocycles. The van der Waals surface area contributed by atoms with Gasteiger partial charge in [-0.15, -0.1) is 0 Å². The lowest BCUT2D eigenvalue weighted by Gasteiger charge is -2.12. The number of nitrogen functional groups attached to an aromatic ring is 1. The molecule has 0 amide bonds. The second-order valence-corrected chi connectivity index (χ2v) is 2.84. The van der Waals surface area contributed by atoms with Gasteiger partial charge in [0.1, 0.15) is 0 Å². The van der Waals surface area contributed by atoms with Crippen molar-refractivity contribution in [3.63, 3.8) is 0 Å². The molecule has 4 heteroatoms. The second-order valence-electron chi connectivity index (χ2n) is 2.84. The molecule has 0 spiro atoms. The van der Waals surface area contributed by atoms with Crippen LogP contribution in [0.3, 0.4) is 0 Å². The van der Waals surface area contributed by atoms with Gasteiger partial charge in [-0.2, -0.15) is 0 Å². The standard InChI is InChI=1S/C10H13NO3/c1-2-14-9(10(12)13)7-3-5-8(11)6-4-7/h3-6,9H,2,11H2,1H3,(H,12,13)/t9-/m1/s1. The van der Waals surface area contributed by atoms with Crippen LogP contribution in [0.4, 0.5) is 5.69 Å². The lowest BCUT2D eigenvalue weighted by atomic mass is 10.1. The monoisotopic (exact) mass is 195 g/mol. The van der Waals surface area contributed by atoms with Crippen molar-refractivity contribution in [3.8, 4) is 0 Å². The Labute approximate surface area is 82.3 Å². The van der Waals surface area contributed by atoms with Gasteiger partial charge < -0.3 is 15.6 Å². The third kappa shape index (κ3) is 2.47. The minimum Gasteiger partial charge on any atom is -0.479 e. The molecule has 0 saturated carbocycles. The number of nitrogens with two attached hydrogens (primary N) is 1. The van der Waals surface area contributed by atoms with E-state index < -0.39 is 12.1 Å². The summed E-state index contributed by atoms with van der Waals surface area (Å²) in [6, 6.07) is 6.63. The quantitative estimate of drug-likeness (QED) is 0.713. The molecule has 3 N–H and O–H groups in total. The van der Waals surface area contributed by atoms with Gasteiger partial charge >= 0.3 is 5.97 Å². The Kier molecular flexibility index (Phi) is 3.48. The minimum atomic E-state index is -0.989. The summed E-state index contributed by atoms with van der Waals surface area (Å²) in [6.07, 6.45) is -0.902. The molecule has 14 heavy (non-hydrogen) atoms. The van der Waals surface area contributed by atoms with Crippen LogP contribution in [0.1, 0.15) is 18.6 Å². The molecule has 0 fully saturated rings. The van der Waals surface area contributed by atoms with Crippen LogP contribution in [0.5, 0.6) is 0 Å². The van der Waals surface area contributed by atoms with E-state index in [0.717, 1.165) is 0 Å². The van der Waals surface area contributed by atoms with Gasteiger partial charge in [0.2, 0.25) is 0 Å². The fourth-order valence-corrected chi connectivity index (χ4v) is 1.15. The van der Waals surface area contributed by atoms with Crippen molar-refractivity contribution in [2.45, 2.75) is 13.0 Å². The highest BCUT2D eigenvalue weighted by molar-refractivity contribution is 5.74. The zero-order chi connectivity index (χ0) is 10.6. The molecule has 1 aromatic rings. The van der Waals surface area contributed by atoms with Crippen LogP contribution in [0, 0.1) is 0 Å². The molecule has 76 valence electrons. The Morgan fingerprint density at radius 3 is 2.50 bits per heavy atom. The molecule has 0 aliphatic heterocycles. The highest BCUT2D eigenvalue weighted by atomic mass is 16.5. The SMILES string of the molecule is CCO[C@@H](C(=O)O)c1ccc(N)cc1. The molecule has 0 radical (unpaired) electrons. The Hall–Kier alpha value is -1.55. The first kappa shape index (κ1) is 10.5. The van der Waals surface area contributed by atoms with E-state index in [4.69, 9.17) is 15.6 Å². The van der Waals surface area contributed by atoms with E-state index in [1.165, 1.54) is 0 Å². The third-order valence-electron chi connectivity index (χ3n) is 1.80. The van der Waals surface area contributed by atoms with Crippen molar-refractivity contribution in [2.75, 3.05) is 12.3 Å². The molecule has 4 nitrogen and oxygen atoms in total. The summed E-state index contributed by atoms with van der Waals surface area (Å²) >= 11 is 0. The van der Waals surface area contributed by atoms with Crippen molar-refractivity contribution in [1.29, 1.82) is 0 Å². The number of hydrogen-bond donors (Lipinski definition) is 2. The van der Waals surface area contributed by atoms with E-state index in [2.05, 4.69) is 0 Å². The first-order valence-electron chi connectivity index (χ1n) is 4.35. The second kappa shape index (κ2) is 4.62. The van der Waals surface area contributed by atoms with E-state index in [-0.39, 0.29) is 0 Å². The number of carbonyl (C=O) groups is 1. The molecular formula is C10H13NO3. The van der Waals surface area contributed by atoms with Gasteiger partial charge in [-0.3, -0.25) is 0 Å². The van der Waals surface area contributed by atoms with Gasteiger partial charge in [0.25, 0.3) is 0 Å². The third-order valence-corrected chi connectivity index (χ3v) is 1.80. The highest BCUT2D eigenvalue weighted by Gasteiger charge is 2.19. The van der Waals surface area contributed by atoms with E-state index in [1.807, 2.05) is 0 Å². The van der Waals surface area contributed by atoms with Crippen molar-refractivity contribution in [2.24, 2.45) is 0 Å². The minimum absolute atomic E-state index is 0.362. The molecule has 0 saturated heterocycles. The number of hydrogen-bond acceptors (Lipinski definition) is 3. The van der Waals surface area contributed by atoms with Crippen LogP contribution < -0.4 is 5.73 Å². The normalized spacial score (nSPS) is 12.4. The molecule has 1 atom stereocenters. The van der Waals surface area contributed by atoms with Gasteiger partial charge in [-0.05, 0) is 24.6 Å². The van der Waals surface area contributed by atoms with Crippen LogP contribution >= 0.6 is 0 Å². The number of carboxylic acids is 1. The number of anilines is 1. The first-order valence-corrected chi connectivity index (χ1v) is 4.35. The summed E-state index contributed by atoms with van der Waals surface area (Å²) in [5.41, 5.74) is 6.70. The molecule has 0 aliphatic carbocycles. The Morgan fingerprint density at radius 1 is 1.50 bits per heavy atom. The summed E-state index contributed by atoms with van der Waals surface area (Å²) in [7, 11) is 0. The first-order chi connectivity index (χ1) is 6.65. The molecule has 1 rings (SSSR count). The van der Waals surface area contributed by atoms with Crippen molar-refractivity contribution < 1.29 is 14.6 Å². The number of carboxylic acid groups (broad SMARTS) is 1. The van der Waals surface area contributed by atoms with Crippen LogP contribution in [0.25, 0.3) is 0 Å². The fraction of sp³-hybridized carbons (Fsp3) is 0.300. The van der Waals surface area contributed by atoms with Crippen molar-refractivity contribution >= 4 is 11.7 Å². The smallest absolute Gasteiger partial charge is 0.337 e. The van der Waals surface area contributed by atoms with Crippen LogP contribution in [0.15, 0.2) is 24.3 Å². The van der Waals surface area contributed by atoms with Gasteiger partial charge in [-0.1, -0.05) is 12.1 Å². The summed E-state index contributed by atoms with van der Waals surface area (Å²) in [6.45, 7) is 2.12. The summed E-state index contributed by atoms with van der Waals surface area (Å²) in [5.74, 6) is -0.989. The van der Waals surface area contributed by atoms with Crippen molar-refractivity contribution in [3.05, 3.63) is 29.8 Å². The highest BCUT2D eigenvalue weighted by Crippen LogP contribution is 2.18. The summed E-state index contributed by atoms with van der Waals surface area (Å²) in [5, 5.41) is 8.87. The molecule has 0 bridgehead atoms. The van der Waals surface area contributed by atoms with Gasteiger partial charge in [0.15, 0.2) is 6.10 Å². The Bertz CT molecular complexity index is 308. The Morgan fingerprint density at radius 2 is 2.07 bits per heavy atom. The maximum absolute atomic E-state index is 10.8. The lowest BCUT2D eigenvalue weighted by Crippen LogP contribution is -2.15. The van der Waals surface area contributed by atoms with Crippen LogP contribution in [-0.2, 0) is 9.53 Å².